The van der Waals surface area contributed by atoms with Crippen molar-refractivity contribution in [3.8, 4) is 0 Å². The summed E-state index contributed by atoms with van der Waals surface area (Å²) in [6.07, 6.45) is -0.380. The van der Waals surface area contributed by atoms with Crippen LogP contribution in [0.3, 0.4) is 0 Å². The van der Waals surface area contributed by atoms with Crippen molar-refractivity contribution in [1.82, 2.24) is 19.5 Å². The molecule has 5 N–H and O–H groups in total. The van der Waals surface area contributed by atoms with Crippen LogP contribution in [0.4, 0.5) is 0 Å². The summed E-state index contributed by atoms with van der Waals surface area (Å²) in [5.74, 6) is -0.809. The first kappa shape index (κ1) is 24.5. The van der Waals surface area contributed by atoms with Crippen LogP contribution in [0, 0.1) is 5.92 Å². The van der Waals surface area contributed by atoms with E-state index in [2.05, 4.69) is 15.0 Å². The zero-order chi connectivity index (χ0) is 24.4. The number of ether oxygens (including phenoxy) is 1. The third-order valence-electron chi connectivity index (χ3n) is 7.54. The topological polar surface area (TPSA) is 180 Å². The summed E-state index contributed by atoms with van der Waals surface area (Å²) in [6, 6.07) is 0. The molecule has 1 saturated carbocycles. The van der Waals surface area contributed by atoms with Gasteiger partial charge < -0.3 is 29.9 Å². The first-order chi connectivity index (χ1) is 15.5. The SMILES string of the molecule is CCC(CC)(OP(=O)(O)C(O)(CC)CC)C1C2OC(n3cnc4c(=O)[nH]cnc43)C(O)C21O. The second-order valence-electron chi connectivity index (χ2n) is 8.89. The van der Waals surface area contributed by atoms with E-state index in [4.69, 9.17) is 9.26 Å². The average molecular weight is 486 g/mol. The van der Waals surface area contributed by atoms with Crippen molar-refractivity contribution in [3.05, 3.63) is 23.0 Å². The quantitative estimate of drug-likeness (QED) is 0.321. The smallest absolute Gasteiger partial charge is 0.359 e. The molecule has 6 unspecified atom stereocenters. The molecule has 0 spiro atoms. The molecule has 0 aromatic carbocycles. The number of hydrogen-bond donors (Lipinski definition) is 5. The Bertz CT molecular complexity index is 1140. The molecule has 0 bridgehead atoms. The van der Waals surface area contributed by atoms with Crippen molar-refractivity contribution >= 4 is 18.8 Å². The van der Waals surface area contributed by atoms with Crippen LogP contribution in [0.1, 0.15) is 59.6 Å². The number of aliphatic hydroxyl groups excluding tert-OH is 1. The maximum absolute atomic E-state index is 13.1. The Morgan fingerprint density at radius 3 is 2.39 bits per heavy atom. The summed E-state index contributed by atoms with van der Waals surface area (Å²) < 4.78 is 26.3. The number of rotatable bonds is 9. The van der Waals surface area contributed by atoms with Crippen LogP contribution in [0.25, 0.3) is 11.2 Å². The van der Waals surface area contributed by atoms with Crippen LogP contribution in [0.15, 0.2) is 17.4 Å². The number of aromatic nitrogens is 4. The largest absolute Gasteiger partial charge is 0.385 e. The minimum absolute atomic E-state index is 0.0141. The van der Waals surface area contributed by atoms with E-state index >= 15 is 0 Å². The standard InChI is InChI=1S/C20H31N4O8P/c1-5-18(6-2,32-33(29,30)19(27,7-3)8-4)12-14-20(12,28)13(25)17(31-14)24-10-23-11-15(24)21-9-22-16(11)26/h9-10,12-14,17,25,27-28H,5-8H2,1-4H3,(H,29,30)(H,21,22,26). The lowest BCUT2D eigenvalue weighted by Crippen LogP contribution is -2.45. The summed E-state index contributed by atoms with van der Waals surface area (Å²) in [6.45, 7) is 6.70. The van der Waals surface area contributed by atoms with Gasteiger partial charge in [-0.15, -0.1) is 0 Å². The van der Waals surface area contributed by atoms with Crippen LogP contribution >= 0.6 is 7.60 Å². The summed E-state index contributed by atoms with van der Waals surface area (Å²) in [7, 11) is -4.53. The molecule has 2 aromatic rings. The van der Waals surface area contributed by atoms with Gasteiger partial charge in [-0.05, 0) is 25.7 Å². The summed E-state index contributed by atoms with van der Waals surface area (Å²) >= 11 is 0. The second-order valence-corrected chi connectivity index (χ2v) is 10.9. The molecule has 4 rings (SSSR count). The van der Waals surface area contributed by atoms with Crippen LogP contribution in [0.5, 0.6) is 0 Å². The number of fused-ring (bicyclic) bond motifs is 2. The number of aliphatic hydroxyl groups is 3. The van der Waals surface area contributed by atoms with Crippen LogP contribution in [0.2, 0.25) is 0 Å². The zero-order valence-electron chi connectivity index (χ0n) is 19.0. The molecule has 2 fully saturated rings. The van der Waals surface area contributed by atoms with Crippen LogP contribution < -0.4 is 5.56 Å². The number of aromatic amines is 1. The summed E-state index contributed by atoms with van der Waals surface area (Å²) in [5, 5.41) is 31.2. The van der Waals surface area contributed by atoms with Crippen molar-refractivity contribution in [2.45, 2.75) is 88.4 Å². The van der Waals surface area contributed by atoms with Gasteiger partial charge in [0.05, 0.1) is 24.2 Å². The maximum Gasteiger partial charge on any atom is 0.359 e. The highest BCUT2D eigenvalue weighted by molar-refractivity contribution is 7.54. The molecule has 13 heteroatoms. The van der Waals surface area contributed by atoms with Gasteiger partial charge in [0.25, 0.3) is 5.56 Å². The zero-order valence-corrected chi connectivity index (χ0v) is 19.9. The number of nitrogens with zero attached hydrogens (tertiary/aromatic N) is 3. The number of nitrogens with one attached hydrogen (secondary N) is 1. The van der Waals surface area contributed by atoms with E-state index in [1.807, 2.05) is 0 Å². The Kier molecular flexibility index (Phi) is 5.89. The van der Waals surface area contributed by atoms with Crippen molar-refractivity contribution in [2.24, 2.45) is 5.92 Å². The van der Waals surface area contributed by atoms with Gasteiger partial charge >= 0.3 is 7.60 Å². The second kappa shape index (κ2) is 7.94. The Morgan fingerprint density at radius 1 is 1.24 bits per heavy atom. The van der Waals surface area contributed by atoms with Crippen molar-refractivity contribution in [2.75, 3.05) is 0 Å². The predicted molar refractivity (Wildman–Crippen MR) is 116 cm³/mol. The Hall–Kier alpha value is -1.66. The van der Waals surface area contributed by atoms with Crippen molar-refractivity contribution in [3.63, 3.8) is 0 Å². The fourth-order valence-electron chi connectivity index (χ4n) is 5.18. The first-order valence-electron chi connectivity index (χ1n) is 11.2. The monoisotopic (exact) mass is 486 g/mol. The molecule has 2 aliphatic rings. The first-order valence-corrected chi connectivity index (χ1v) is 12.8. The van der Waals surface area contributed by atoms with E-state index in [1.54, 1.807) is 27.7 Å². The Morgan fingerprint density at radius 2 is 1.88 bits per heavy atom. The van der Waals surface area contributed by atoms with Crippen LogP contribution in [-0.2, 0) is 13.8 Å². The highest BCUT2D eigenvalue weighted by Crippen LogP contribution is 2.69. The molecular formula is C20H31N4O8P. The molecule has 3 heterocycles. The molecule has 0 radical (unpaired) electrons. The average Bonchev–Trinajstić information content (AvgIpc) is 3.07. The lowest BCUT2D eigenvalue weighted by molar-refractivity contribution is -0.117. The van der Waals surface area contributed by atoms with E-state index in [9.17, 15) is 29.6 Å². The highest BCUT2D eigenvalue weighted by Gasteiger charge is 2.82. The van der Waals surface area contributed by atoms with E-state index < -0.39 is 54.1 Å². The molecule has 1 aliphatic heterocycles. The molecule has 1 saturated heterocycles. The van der Waals surface area contributed by atoms with E-state index in [1.165, 1.54) is 17.2 Å². The van der Waals surface area contributed by atoms with Gasteiger partial charge in [-0.25, -0.2) is 9.97 Å². The number of hydrogen-bond acceptors (Lipinski definition) is 9. The molecule has 0 amide bonds. The lowest BCUT2D eigenvalue weighted by atomic mass is 9.87. The highest BCUT2D eigenvalue weighted by atomic mass is 31.2. The van der Waals surface area contributed by atoms with Gasteiger partial charge in [0.15, 0.2) is 22.7 Å². The third-order valence-corrected chi connectivity index (χ3v) is 9.84. The number of imidazole rings is 1. The normalized spacial score (nSPS) is 31.5. The molecule has 184 valence electrons. The van der Waals surface area contributed by atoms with Crippen molar-refractivity contribution < 1.29 is 34.0 Å². The Labute approximate surface area is 190 Å². The minimum Gasteiger partial charge on any atom is -0.385 e. The third kappa shape index (κ3) is 3.27. The molecule has 33 heavy (non-hydrogen) atoms. The molecule has 2 aromatic heterocycles. The lowest BCUT2D eigenvalue weighted by Gasteiger charge is -2.41. The van der Waals surface area contributed by atoms with Gasteiger partial charge in [0.1, 0.15) is 17.8 Å². The minimum atomic E-state index is -4.53. The van der Waals surface area contributed by atoms with Gasteiger partial charge in [0, 0.05) is 0 Å². The van der Waals surface area contributed by atoms with Gasteiger partial charge in [-0.2, -0.15) is 0 Å². The fraction of sp³-hybridized carbons (Fsp3) is 0.750. The molecule has 12 nitrogen and oxygen atoms in total. The fourth-order valence-corrected chi connectivity index (χ4v) is 7.01. The maximum atomic E-state index is 13.1. The van der Waals surface area contributed by atoms with Crippen LogP contribution in [-0.4, -0.2) is 68.5 Å². The molecule has 1 aliphatic carbocycles. The van der Waals surface area contributed by atoms with Gasteiger partial charge in [0.2, 0.25) is 0 Å². The van der Waals surface area contributed by atoms with Gasteiger partial charge in [-0.1, -0.05) is 27.7 Å². The van der Waals surface area contributed by atoms with Gasteiger partial charge in [-0.3, -0.25) is 18.5 Å². The number of H-pyrrole nitrogens is 1. The summed E-state index contributed by atoms with van der Waals surface area (Å²) in [5.41, 5.74) is -3.27. The molecule has 6 atom stereocenters. The molecular weight excluding hydrogens is 455 g/mol. The van der Waals surface area contributed by atoms with E-state index in [0.29, 0.717) is 0 Å². The van der Waals surface area contributed by atoms with E-state index in [0.717, 1.165) is 0 Å². The van der Waals surface area contributed by atoms with Crippen molar-refractivity contribution in [1.29, 1.82) is 0 Å². The summed E-state index contributed by atoms with van der Waals surface area (Å²) in [4.78, 5) is 33.2. The van der Waals surface area contributed by atoms with E-state index in [-0.39, 0.29) is 36.8 Å². The Balaban J connectivity index is 1.64. The predicted octanol–water partition coefficient (Wildman–Crippen LogP) is 1.01.